The van der Waals surface area contributed by atoms with E-state index in [1.807, 2.05) is 48.4 Å². The molecule has 8 heteroatoms. The fraction of sp³-hybridized carbons (Fsp3) is 0.391. The van der Waals surface area contributed by atoms with E-state index in [9.17, 15) is 4.79 Å². The number of carbonyl (C=O) groups is 1. The molecule has 0 radical (unpaired) electrons. The summed E-state index contributed by atoms with van der Waals surface area (Å²) in [5, 5.41) is 3.08. The van der Waals surface area contributed by atoms with Crippen LogP contribution in [-0.4, -0.2) is 60.1 Å². The number of rotatable bonds is 8. The highest BCUT2D eigenvalue weighted by Gasteiger charge is 2.24. The van der Waals surface area contributed by atoms with E-state index in [4.69, 9.17) is 13.9 Å². The second kappa shape index (κ2) is 9.98. The maximum Gasteiger partial charge on any atom is 0.254 e. The number of aromatic nitrogens is 1. The Morgan fingerprint density at radius 1 is 1.10 bits per heavy atom. The van der Waals surface area contributed by atoms with Crippen LogP contribution >= 0.6 is 11.3 Å². The molecule has 1 aliphatic heterocycles. The number of hydrogen-bond donors (Lipinski definition) is 0. The lowest BCUT2D eigenvalue weighted by atomic mass is 10.1. The summed E-state index contributed by atoms with van der Waals surface area (Å²) >= 11 is 1.64. The number of hydrogen-bond acceptors (Lipinski definition) is 7. The van der Waals surface area contributed by atoms with E-state index in [2.05, 4.69) is 9.88 Å². The van der Waals surface area contributed by atoms with E-state index in [1.54, 1.807) is 23.7 Å². The Bertz CT molecular complexity index is 994. The number of furan rings is 1. The molecule has 31 heavy (non-hydrogen) atoms. The third kappa shape index (κ3) is 5.08. The number of nitrogens with zero attached hydrogens (tertiary/aromatic N) is 3. The molecule has 1 aliphatic rings. The van der Waals surface area contributed by atoms with Gasteiger partial charge in [0.2, 0.25) is 0 Å². The number of carbonyl (C=O) groups excluding carboxylic acids is 1. The van der Waals surface area contributed by atoms with Crippen LogP contribution in [-0.2, 0) is 6.54 Å². The van der Waals surface area contributed by atoms with Crippen LogP contribution in [0.25, 0.3) is 11.5 Å². The maximum absolute atomic E-state index is 13.0. The van der Waals surface area contributed by atoms with Crippen molar-refractivity contribution in [3.8, 4) is 23.0 Å². The summed E-state index contributed by atoms with van der Waals surface area (Å²) in [6.45, 7) is 8.71. The summed E-state index contributed by atoms with van der Waals surface area (Å²) < 4.78 is 16.7. The molecule has 164 valence electrons. The third-order valence-corrected chi connectivity index (χ3v) is 5.97. The highest BCUT2D eigenvalue weighted by molar-refractivity contribution is 7.09. The number of amides is 1. The molecule has 1 fully saturated rings. The molecule has 1 amide bonds. The highest BCUT2D eigenvalue weighted by Crippen LogP contribution is 2.29. The Balaban J connectivity index is 1.34. The summed E-state index contributed by atoms with van der Waals surface area (Å²) in [5.74, 6) is 2.10. The van der Waals surface area contributed by atoms with Crippen molar-refractivity contribution in [1.82, 2.24) is 14.8 Å². The monoisotopic (exact) mass is 441 g/mol. The first-order valence-electron chi connectivity index (χ1n) is 10.6. The predicted molar refractivity (Wildman–Crippen MR) is 120 cm³/mol. The topological polar surface area (TPSA) is 68.0 Å². The van der Waals surface area contributed by atoms with Gasteiger partial charge in [-0.3, -0.25) is 9.69 Å². The van der Waals surface area contributed by atoms with E-state index in [0.29, 0.717) is 43.4 Å². The van der Waals surface area contributed by atoms with Gasteiger partial charge in [0.25, 0.3) is 5.91 Å². The number of thiazole rings is 1. The molecule has 0 N–H and O–H groups in total. The molecule has 0 spiro atoms. The van der Waals surface area contributed by atoms with Gasteiger partial charge in [0.15, 0.2) is 17.3 Å². The summed E-state index contributed by atoms with van der Waals surface area (Å²) in [4.78, 5) is 21.9. The van der Waals surface area contributed by atoms with Gasteiger partial charge in [-0.05, 0) is 44.2 Å². The fourth-order valence-electron chi connectivity index (χ4n) is 3.59. The lowest BCUT2D eigenvalue weighted by molar-refractivity contribution is 0.0628. The van der Waals surface area contributed by atoms with Crippen molar-refractivity contribution in [1.29, 1.82) is 0 Å². The zero-order chi connectivity index (χ0) is 21.6. The van der Waals surface area contributed by atoms with Gasteiger partial charge in [0.05, 0.1) is 26.0 Å². The minimum atomic E-state index is 0.0259. The normalized spacial score (nSPS) is 14.6. The predicted octanol–water partition coefficient (Wildman–Crippen LogP) is 4.16. The fourth-order valence-corrected chi connectivity index (χ4v) is 4.41. The lowest BCUT2D eigenvalue weighted by Gasteiger charge is -2.34. The standard InChI is InChI=1S/C23H27N3O4S/c1-3-28-20-8-7-17(14-21(20)29-4-2)23(27)26-11-9-25(10-12-26)15-22-24-18(16-31-22)19-6-5-13-30-19/h5-8,13-14,16H,3-4,9-12,15H2,1-2H3. The van der Waals surface area contributed by atoms with Crippen molar-refractivity contribution in [2.24, 2.45) is 0 Å². The molecular weight excluding hydrogens is 414 g/mol. The van der Waals surface area contributed by atoms with Crippen molar-refractivity contribution in [2.75, 3.05) is 39.4 Å². The van der Waals surface area contributed by atoms with Crippen LogP contribution in [0, 0.1) is 0 Å². The first kappa shape index (κ1) is 21.4. The van der Waals surface area contributed by atoms with Crippen molar-refractivity contribution >= 4 is 17.2 Å². The van der Waals surface area contributed by atoms with Gasteiger partial charge in [-0.25, -0.2) is 4.98 Å². The lowest BCUT2D eigenvalue weighted by Crippen LogP contribution is -2.48. The second-order valence-corrected chi connectivity index (χ2v) is 8.14. The molecule has 1 aromatic carbocycles. The third-order valence-electron chi connectivity index (χ3n) is 5.13. The molecule has 3 heterocycles. The SMILES string of the molecule is CCOc1ccc(C(=O)N2CCN(Cc3nc(-c4ccco4)cs3)CC2)cc1OCC. The Kier molecular flexibility index (Phi) is 6.89. The van der Waals surface area contributed by atoms with Crippen LogP contribution in [0.5, 0.6) is 11.5 Å². The van der Waals surface area contributed by atoms with Crippen molar-refractivity contribution in [2.45, 2.75) is 20.4 Å². The Hall–Kier alpha value is -2.84. The molecule has 4 rings (SSSR count). The molecule has 0 unspecified atom stereocenters. The van der Waals surface area contributed by atoms with Crippen LogP contribution < -0.4 is 9.47 Å². The minimum Gasteiger partial charge on any atom is -0.490 e. The van der Waals surface area contributed by atoms with Crippen LogP contribution in [0.15, 0.2) is 46.4 Å². The van der Waals surface area contributed by atoms with E-state index in [-0.39, 0.29) is 5.91 Å². The summed E-state index contributed by atoms with van der Waals surface area (Å²) in [7, 11) is 0. The first-order chi connectivity index (χ1) is 15.2. The first-order valence-corrected chi connectivity index (χ1v) is 11.5. The maximum atomic E-state index is 13.0. The molecule has 0 saturated carbocycles. The van der Waals surface area contributed by atoms with E-state index in [0.717, 1.165) is 36.1 Å². The van der Waals surface area contributed by atoms with E-state index < -0.39 is 0 Å². The smallest absolute Gasteiger partial charge is 0.254 e. The highest BCUT2D eigenvalue weighted by atomic mass is 32.1. The molecule has 0 atom stereocenters. The number of piperazine rings is 1. The van der Waals surface area contributed by atoms with Gasteiger partial charge in [0, 0.05) is 37.1 Å². The van der Waals surface area contributed by atoms with Gasteiger partial charge >= 0.3 is 0 Å². The number of benzene rings is 1. The molecule has 1 saturated heterocycles. The summed E-state index contributed by atoms with van der Waals surface area (Å²) in [6.07, 6.45) is 1.66. The quantitative estimate of drug-likeness (QED) is 0.523. The van der Waals surface area contributed by atoms with Gasteiger partial charge in [-0.15, -0.1) is 11.3 Å². The zero-order valence-electron chi connectivity index (χ0n) is 17.9. The van der Waals surface area contributed by atoms with Crippen molar-refractivity contribution < 1.29 is 18.7 Å². The van der Waals surface area contributed by atoms with Crippen LogP contribution in [0.4, 0.5) is 0 Å². The Morgan fingerprint density at radius 2 is 1.87 bits per heavy atom. The van der Waals surface area contributed by atoms with Crippen molar-refractivity contribution in [3.05, 3.63) is 52.5 Å². The van der Waals surface area contributed by atoms with Gasteiger partial charge in [-0.2, -0.15) is 0 Å². The largest absolute Gasteiger partial charge is 0.490 e. The van der Waals surface area contributed by atoms with E-state index >= 15 is 0 Å². The molecular formula is C23H27N3O4S. The van der Waals surface area contributed by atoms with Crippen LogP contribution in [0.2, 0.25) is 0 Å². The van der Waals surface area contributed by atoms with E-state index in [1.165, 1.54) is 0 Å². The van der Waals surface area contributed by atoms with Crippen molar-refractivity contribution in [3.63, 3.8) is 0 Å². The zero-order valence-corrected chi connectivity index (χ0v) is 18.7. The second-order valence-electron chi connectivity index (χ2n) is 7.20. The Labute approximate surface area is 186 Å². The van der Waals surface area contributed by atoms with Crippen LogP contribution in [0.3, 0.4) is 0 Å². The summed E-state index contributed by atoms with van der Waals surface area (Å²) in [6, 6.07) is 9.20. The number of ether oxygens (including phenoxy) is 2. The summed E-state index contributed by atoms with van der Waals surface area (Å²) in [5.41, 5.74) is 1.50. The Morgan fingerprint density at radius 3 is 2.58 bits per heavy atom. The van der Waals surface area contributed by atoms with Gasteiger partial charge < -0.3 is 18.8 Å². The molecule has 2 aromatic heterocycles. The minimum absolute atomic E-state index is 0.0259. The van der Waals surface area contributed by atoms with Gasteiger partial charge in [-0.1, -0.05) is 0 Å². The molecule has 0 aliphatic carbocycles. The molecule has 7 nitrogen and oxygen atoms in total. The average Bonchev–Trinajstić information content (AvgIpc) is 3.47. The van der Waals surface area contributed by atoms with Gasteiger partial charge in [0.1, 0.15) is 10.7 Å². The molecule has 3 aromatic rings. The molecule has 0 bridgehead atoms. The average molecular weight is 442 g/mol. The van der Waals surface area contributed by atoms with Crippen LogP contribution in [0.1, 0.15) is 29.2 Å².